The van der Waals surface area contributed by atoms with Crippen LogP contribution in [0.2, 0.25) is 5.02 Å². The van der Waals surface area contributed by atoms with Crippen molar-refractivity contribution >= 4 is 50.5 Å². The molecule has 9 heteroatoms. The minimum atomic E-state index is -4.14. The van der Waals surface area contributed by atoms with Crippen molar-refractivity contribution in [2.24, 2.45) is 0 Å². The predicted molar refractivity (Wildman–Crippen MR) is 128 cm³/mol. The zero-order valence-electron chi connectivity index (χ0n) is 18.2. The lowest BCUT2D eigenvalue weighted by Crippen LogP contribution is -2.37. The van der Waals surface area contributed by atoms with Crippen LogP contribution in [0.1, 0.15) is 78.1 Å². The minimum absolute atomic E-state index is 0.0557. The van der Waals surface area contributed by atoms with E-state index in [9.17, 15) is 18.0 Å². The number of urea groups is 1. The first-order valence-corrected chi connectivity index (χ1v) is 12.6. The van der Waals surface area contributed by atoms with Crippen LogP contribution < -0.4 is 10.0 Å². The van der Waals surface area contributed by atoms with Crippen LogP contribution in [0.15, 0.2) is 36.2 Å². The zero-order chi connectivity index (χ0) is 23.5. The fourth-order valence-electron chi connectivity index (χ4n) is 3.12. The van der Waals surface area contributed by atoms with Crippen molar-refractivity contribution in [3.05, 3.63) is 62.8 Å². The van der Waals surface area contributed by atoms with E-state index in [1.807, 2.05) is 27.7 Å². The maximum Gasteiger partial charge on any atom is 0.332 e. The van der Waals surface area contributed by atoms with Crippen molar-refractivity contribution in [1.82, 2.24) is 4.72 Å². The molecule has 31 heavy (non-hydrogen) atoms. The molecule has 2 rings (SSSR count). The summed E-state index contributed by atoms with van der Waals surface area (Å²) in [7, 11) is -4.14. The molecule has 2 N–H and O–H groups in total. The molecule has 0 saturated carbocycles. The number of thiophene rings is 1. The summed E-state index contributed by atoms with van der Waals surface area (Å²) in [5.74, 6) is -0.0566. The fourth-order valence-corrected chi connectivity index (χ4v) is 5.89. The van der Waals surface area contributed by atoms with Crippen LogP contribution in [0.5, 0.6) is 0 Å². The van der Waals surface area contributed by atoms with E-state index < -0.39 is 21.3 Å². The second kappa shape index (κ2) is 9.97. The molecule has 0 fully saturated rings. The molecular formula is C22H27ClN2O4S2. The predicted octanol–water partition coefficient (Wildman–Crippen LogP) is 6.23. The molecule has 0 aliphatic heterocycles. The van der Waals surface area contributed by atoms with Crippen LogP contribution in [0.4, 0.5) is 10.5 Å². The van der Waals surface area contributed by atoms with Gasteiger partial charge in [0.2, 0.25) is 10.0 Å². The quantitative estimate of drug-likeness (QED) is 0.344. The summed E-state index contributed by atoms with van der Waals surface area (Å²) in [6.07, 6.45) is 1.23. The van der Waals surface area contributed by atoms with Gasteiger partial charge in [-0.05, 0) is 48.1 Å². The van der Waals surface area contributed by atoms with Crippen LogP contribution in [0.25, 0.3) is 0 Å². The van der Waals surface area contributed by atoms with Gasteiger partial charge < -0.3 is 5.32 Å². The van der Waals surface area contributed by atoms with Crippen molar-refractivity contribution in [3.63, 3.8) is 0 Å². The number of anilines is 1. The van der Waals surface area contributed by atoms with Gasteiger partial charge in [-0.25, -0.2) is 17.9 Å². The van der Waals surface area contributed by atoms with E-state index in [0.717, 1.165) is 22.5 Å². The number of sulfonamides is 1. The lowest BCUT2D eigenvalue weighted by molar-refractivity contribution is 0.101. The van der Waals surface area contributed by atoms with Gasteiger partial charge >= 0.3 is 6.03 Å². The number of hydrogen-bond donors (Lipinski definition) is 2. The Balaban J connectivity index is 2.34. The first-order valence-electron chi connectivity index (χ1n) is 9.75. The van der Waals surface area contributed by atoms with Gasteiger partial charge in [0, 0.05) is 26.5 Å². The fraction of sp³-hybridized carbons (Fsp3) is 0.364. The molecule has 0 aliphatic rings. The van der Waals surface area contributed by atoms with Crippen molar-refractivity contribution < 1.29 is 18.0 Å². The molecule has 1 unspecified atom stereocenters. The van der Waals surface area contributed by atoms with Crippen molar-refractivity contribution in [2.75, 3.05) is 5.32 Å². The standard InChI is InChI=1S/C22H27ClN2O4S2/c1-7-20(19-8-15(11-30-19)14(6)26)31(28,29)25-22(27)24-21-17(12(2)3)9-16(23)10-18(21)13(4)5/h7-13,20H,1H2,2-6H3,(H2,24,25,27). The number of benzene rings is 1. The van der Waals surface area contributed by atoms with Gasteiger partial charge in [-0.2, -0.15) is 0 Å². The molecule has 0 spiro atoms. The third kappa shape index (κ3) is 5.96. The lowest BCUT2D eigenvalue weighted by atomic mass is 9.92. The molecule has 0 aliphatic carbocycles. The average Bonchev–Trinajstić information content (AvgIpc) is 3.12. The molecule has 1 aromatic carbocycles. The summed E-state index contributed by atoms with van der Waals surface area (Å²) in [4.78, 5) is 24.6. The van der Waals surface area contributed by atoms with Crippen LogP contribution in [-0.4, -0.2) is 20.2 Å². The molecule has 1 atom stereocenters. The van der Waals surface area contributed by atoms with Crippen molar-refractivity contribution in [1.29, 1.82) is 0 Å². The van der Waals surface area contributed by atoms with Gasteiger partial charge in [0.25, 0.3) is 0 Å². The third-order valence-corrected chi connectivity index (χ3v) is 7.70. The number of ketones is 1. The highest BCUT2D eigenvalue weighted by Gasteiger charge is 2.29. The molecule has 0 radical (unpaired) electrons. The van der Waals surface area contributed by atoms with E-state index in [-0.39, 0.29) is 17.6 Å². The lowest BCUT2D eigenvalue weighted by Gasteiger charge is -2.21. The van der Waals surface area contributed by atoms with Gasteiger partial charge in [-0.15, -0.1) is 17.9 Å². The summed E-state index contributed by atoms with van der Waals surface area (Å²) in [5.41, 5.74) is 2.59. The van der Waals surface area contributed by atoms with Gasteiger partial charge in [0.05, 0.1) is 0 Å². The zero-order valence-corrected chi connectivity index (χ0v) is 20.5. The van der Waals surface area contributed by atoms with Crippen LogP contribution in [0.3, 0.4) is 0 Å². The first kappa shape index (κ1) is 25.1. The topological polar surface area (TPSA) is 92.3 Å². The largest absolute Gasteiger partial charge is 0.332 e. The van der Waals surface area contributed by atoms with Gasteiger partial charge in [0.1, 0.15) is 5.25 Å². The van der Waals surface area contributed by atoms with E-state index in [2.05, 4.69) is 16.6 Å². The number of nitrogens with one attached hydrogen (secondary N) is 2. The Hall–Kier alpha value is -2.16. The third-order valence-electron chi connectivity index (χ3n) is 4.74. The highest BCUT2D eigenvalue weighted by molar-refractivity contribution is 7.90. The molecule has 6 nitrogen and oxygen atoms in total. The summed E-state index contributed by atoms with van der Waals surface area (Å²) in [5, 5.41) is 3.67. The SMILES string of the molecule is C=CC(c1cc(C(C)=O)cs1)S(=O)(=O)NC(=O)Nc1c(C(C)C)cc(Cl)cc1C(C)C. The van der Waals surface area contributed by atoms with Crippen molar-refractivity contribution in [2.45, 2.75) is 51.7 Å². The summed E-state index contributed by atoms with van der Waals surface area (Å²) < 4.78 is 27.9. The maximum absolute atomic E-state index is 12.9. The van der Waals surface area contributed by atoms with Crippen LogP contribution >= 0.6 is 22.9 Å². The number of carbonyl (C=O) groups is 2. The highest BCUT2D eigenvalue weighted by atomic mass is 35.5. The van der Waals surface area contributed by atoms with Crippen LogP contribution in [-0.2, 0) is 10.0 Å². The average molecular weight is 483 g/mol. The van der Waals surface area contributed by atoms with Crippen LogP contribution in [0, 0.1) is 0 Å². The maximum atomic E-state index is 12.9. The van der Waals surface area contributed by atoms with Gasteiger partial charge in [-0.1, -0.05) is 45.4 Å². The number of halogens is 1. The number of hydrogen-bond acceptors (Lipinski definition) is 5. The Morgan fingerprint density at radius 3 is 2.06 bits per heavy atom. The number of Topliss-reactive ketones (excluding diaryl/α,β-unsaturated/α-hetero) is 1. The van der Waals surface area contributed by atoms with E-state index >= 15 is 0 Å². The van der Waals surface area contributed by atoms with E-state index in [1.165, 1.54) is 19.1 Å². The number of rotatable bonds is 8. The molecule has 0 saturated heterocycles. The normalized spacial score (nSPS) is 12.6. The Labute approximate surface area is 192 Å². The summed E-state index contributed by atoms with van der Waals surface area (Å²) in [6.45, 7) is 12.9. The number of amides is 2. The van der Waals surface area contributed by atoms with E-state index in [1.54, 1.807) is 17.5 Å². The smallest absolute Gasteiger partial charge is 0.307 e. The molecule has 168 valence electrons. The minimum Gasteiger partial charge on any atom is -0.307 e. The molecular weight excluding hydrogens is 456 g/mol. The van der Waals surface area contributed by atoms with E-state index in [0.29, 0.717) is 21.2 Å². The summed E-state index contributed by atoms with van der Waals surface area (Å²) >= 11 is 7.37. The second-order valence-electron chi connectivity index (χ2n) is 7.82. The Kier molecular flexibility index (Phi) is 8.08. The van der Waals surface area contributed by atoms with Crippen molar-refractivity contribution in [3.8, 4) is 0 Å². The molecule has 2 amide bonds. The molecule has 1 aromatic heterocycles. The van der Waals surface area contributed by atoms with Gasteiger partial charge in [-0.3, -0.25) is 4.79 Å². The molecule has 1 heterocycles. The van der Waals surface area contributed by atoms with Gasteiger partial charge in [0.15, 0.2) is 5.78 Å². The Morgan fingerprint density at radius 2 is 1.65 bits per heavy atom. The Bertz CT molecular complexity index is 1080. The number of carbonyl (C=O) groups excluding carboxylic acids is 2. The molecule has 0 bridgehead atoms. The summed E-state index contributed by atoms with van der Waals surface area (Å²) in [6, 6.07) is 4.16. The first-order chi connectivity index (χ1) is 14.4. The monoisotopic (exact) mass is 482 g/mol. The second-order valence-corrected chi connectivity index (χ2v) is 11.0. The van der Waals surface area contributed by atoms with E-state index in [4.69, 9.17) is 11.6 Å². The Morgan fingerprint density at radius 1 is 1.10 bits per heavy atom. The highest BCUT2D eigenvalue weighted by Crippen LogP contribution is 2.36. The molecule has 2 aromatic rings.